The van der Waals surface area contributed by atoms with E-state index in [4.69, 9.17) is 4.74 Å². The number of piperazine rings is 1. The average Bonchev–Trinajstić information content (AvgIpc) is 2.55. The van der Waals surface area contributed by atoms with E-state index in [0.29, 0.717) is 44.3 Å². The van der Waals surface area contributed by atoms with Gasteiger partial charge in [0.25, 0.3) is 5.91 Å². The van der Waals surface area contributed by atoms with E-state index in [-0.39, 0.29) is 18.0 Å². The maximum absolute atomic E-state index is 11.9. The molecule has 0 saturated carbocycles. The number of nitrogens with zero attached hydrogens (tertiary/aromatic N) is 4. The van der Waals surface area contributed by atoms with Crippen LogP contribution in [0.3, 0.4) is 0 Å². The molecule has 1 aliphatic rings. The highest BCUT2D eigenvalue weighted by molar-refractivity contribution is 5.93. The largest absolute Gasteiger partial charge is 0.450 e. The zero-order valence-corrected chi connectivity index (χ0v) is 13.8. The number of hydrogen-bond donors (Lipinski definition) is 1. The number of ether oxygens (including phenoxy) is 1. The van der Waals surface area contributed by atoms with Crippen molar-refractivity contribution in [3.63, 3.8) is 0 Å². The van der Waals surface area contributed by atoms with E-state index in [2.05, 4.69) is 15.3 Å². The first-order valence-electron chi connectivity index (χ1n) is 7.80. The van der Waals surface area contributed by atoms with Crippen molar-refractivity contribution in [2.45, 2.75) is 26.8 Å². The molecule has 0 atom stereocenters. The fourth-order valence-electron chi connectivity index (χ4n) is 2.25. The summed E-state index contributed by atoms with van der Waals surface area (Å²) in [5.74, 6) is 0.383. The molecule has 1 aromatic heterocycles. The number of hydrogen-bond acceptors (Lipinski definition) is 6. The molecular formula is C15H23N5O3. The van der Waals surface area contributed by atoms with Gasteiger partial charge in [0.1, 0.15) is 0 Å². The minimum atomic E-state index is -0.284. The van der Waals surface area contributed by atoms with Crippen molar-refractivity contribution in [3.05, 3.63) is 18.0 Å². The minimum absolute atomic E-state index is 0.0677. The minimum Gasteiger partial charge on any atom is -0.450 e. The van der Waals surface area contributed by atoms with Crippen LogP contribution in [0.15, 0.2) is 12.4 Å². The highest BCUT2D eigenvalue weighted by Crippen LogP contribution is 2.11. The van der Waals surface area contributed by atoms with Crippen molar-refractivity contribution in [3.8, 4) is 0 Å². The molecule has 8 nitrogen and oxygen atoms in total. The number of aromatic nitrogens is 2. The molecule has 0 radical (unpaired) electrons. The third-order valence-corrected chi connectivity index (χ3v) is 3.41. The Hall–Kier alpha value is -2.38. The van der Waals surface area contributed by atoms with Gasteiger partial charge < -0.3 is 19.9 Å². The maximum atomic E-state index is 11.9. The van der Waals surface area contributed by atoms with Crippen molar-refractivity contribution in [1.29, 1.82) is 0 Å². The first-order valence-corrected chi connectivity index (χ1v) is 7.80. The van der Waals surface area contributed by atoms with E-state index in [9.17, 15) is 9.59 Å². The van der Waals surface area contributed by atoms with Gasteiger partial charge in [0.2, 0.25) is 5.95 Å². The predicted octanol–water partition coefficient (Wildman–Crippen LogP) is 0.893. The fourth-order valence-corrected chi connectivity index (χ4v) is 2.25. The lowest BCUT2D eigenvalue weighted by Crippen LogP contribution is -2.49. The smallest absolute Gasteiger partial charge is 0.409 e. The average molecular weight is 321 g/mol. The Balaban J connectivity index is 1.91. The monoisotopic (exact) mass is 321 g/mol. The van der Waals surface area contributed by atoms with Crippen molar-refractivity contribution in [2.75, 3.05) is 37.7 Å². The summed E-state index contributed by atoms with van der Waals surface area (Å²) in [6.07, 6.45) is 2.77. The van der Waals surface area contributed by atoms with E-state index < -0.39 is 0 Å². The summed E-state index contributed by atoms with van der Waals surface area (Å²) in [7, 11) is 0. The summed E-state index contributed by atoms with van der Waals surface area (Å²) in [4.78, 5) is 35.7. The molecule has 0 bridgehead atoms. The van der Waals surface area contributed by atoms with Crippen molar-refractivity contribution in [1.82, 2.24) is 20.2 Å². The van der Waals surface area contributed by atoms with Gasteiger partial charge in [-0.1, -0.05) is 0 Å². The molecule has 0 unspecified atom stereocenters. The highest BCUT2D eigenvalue weighted by Gasteiger charge is 2.23. The van der Waals surface area contributed by atoms with Crippen LogP contribution in [0.5, 0.6) is 0 Å². The van der Waals surface area contributed by atoms with E-state index in [1.807, 2.05) is 18.7 Å². The lowest BCUT2D eigenvalue weighted by molar-refractivity contribution is 0.0941. The molecule has 0 aromatic carbocycles. The molecule has 2 amide bonds. The summed E-state index contributed by atoms with van der Waals surface area (Å²) in [6.45, 7) is 8.37. The van der Waals surface area contributed by atoms with Gasteiger partial charge in [0.05, 0.1) is 12.2 Å². The van der Waals surface area contributed by atoms with E-state index >= 15 is 0 Å². The zero-order valence-electron chi connectivity index (χ0n) is 13.8. The molecule has 2 heterocycles. The normalized spacial score (nSPS) is 14.8. The number of nitrogens with one attached hydrogen (secondary N) is 1. The van der Waals surface area contributed by atoms with Crippen LogP contribution in [-0.2, 0) is 4.74 Å². The summed E-state index contributed by atoms with van der Waals surface area (Å²) in [5, 5.41) is 2.80. The zero-order chi connectivity index (χ0) is 16.8. The molecule has 0 spiro atoms. The van der Waals surface area contributed by atoms with Crippen LogP contribution in [0.25, 0.3) is 0 Å². The van der Waals surface area contributed by atoms with Crippen molar-refractivity contribution >= 4 is 17.9 Å². The van der Waals surface area contributed by atoms with Crippen LogP contribution in [0.2, 0.25) is 0 Å². The number of carbonyl (C=O) groups is 2. The molecule has 126 valence electrons. The van der Waals surface area contributed by atoms with Gasteiger partial charge in [0.15, 0.2) is 0 Å². The molecule has 1 aromatic rings. The summed E-state index contributed by atoms with van der Waals surface area (Å²) in [5.41, 5.74) is 0.438. The lowest BCUT2D eigenvalue weighted by Gasteiger charge is -2.33. The third-order valence-electron chi connectivity index (χ3n) is 3.41. The van der Waals surface area contributed by atoms with Gasteiger partial charge in [-0.3, -0.25) is 4.79 Å². The second kappa shape index (κ2) is 7.75. The lowest BCUT2D eigenvalue weighted by atomic mass is 10.3. The Bertz CT molecular complexity index is 539. The number of rotatable bonds is 4. The Labute approximate surface area is 135 Å². The van der Waals surface area contributed by atoms with Crippen LogP contribution in [-0.4, -0.2) is 65.7 Å². The fraction of sp³-hybridized carbons (Fsp3) is 0.600. The van der Waals surface area contributed by atoms with Gasteiger partial charge >= 0.3 is 6.09 Å². The van der Waals surface area contributed by atoms with E-state index in [0.717, 1.165) is 0 Å². The van der Waals surface area contributed by atoms with Gasteiger partial charge in [-0.05, 0) is 20.8 Å². The van der Waals surface area contributed by atoms with Gasteiger partial charge in [-0.25, -0.2) is 14.8 Å². The molecule has 1 aliphatic heterocycles. The SMILES string of the molecule is CCOC(=O)N1CCN(c2ncc(C(=O)NC(C)C)cn2)CC1. The topological polar surface area (TPSA) is 87.7 Å². The summed E-state index contributed by atoms with van der Waals surface area (Å²) in [6, 6.07) is 0.0677. The van der Waals surface area contributed by atoms with Crippen LogP contribution >= 0.6 is 0 Å². The third kappa shape index (κ3) is 4.54. The van der Waals surface area contributed by atoms with E-state index in [1.165, 1.54) is 12.4 Å². The number of carbonyl (C=O) groups excluding carboxylic acids is 2. The van der Waals surface area contributed by atoms with Crippen LogP contribution in [0, 0.1) is 0 Å². The molecule has 1 N–H and O–H groups in total. The molecule has 1 saturated heterocycles. The molecule has 0 aliphatic carbocycles. The van der Waals surface area contributed by atoms with Crippen LogP contribution < -0.4 is 10.2 Å². The predicted molar refractivity (Wildman–Crippen MR) is 85.4 cm³/mol. The highest BCUT2D eigenvalue weighted by atomic mass is 16.6. The Kier molecular flexibility index (Phi) is 5.72. The van der Waals surface area contributed by atoms with Crippen molar-refractivity contribution in [2.24, 2.45) is 0 Å². The first-order chi connectivity index (χ1) is 11.0. The molecule has 8 heteroatoms. The van der Waals surface area contributed by atoms with Gasteiger partial charge in [0, 0.05) is 44.6 Å². The first kappa shape index (κ1) is 17.0. The summed E-state index contributed by atoms with van der Waals surface area (Å²) >= 11 is 0. The van der Waals surface area contributed by atoms with Crippen LogP contribution in [0.1, 0.15) is 31.1 Å². The Morgan fingerprint density at radius 1 is 1.22 bits per heavy atom. The number of anilines is 1. The molecule has 2 rings (SSSR count). The second-order valence-electron chi connectivity index (χ2n) is 5.57. The molecule has 23 heavy (non-hydrogen) atoms. The number of amides is 2. The molecular weight excluding hydrogens is 298 g/mol. The summed E-state index contributed by atoms with van der Waals surface area (Å²) < 4.78 is 4.99. The molecule has 1 fully saturated rings. The standard InChI is InChI=1S/C15H23N5O3/c1-4-23-15(22)20-7-5-19(6-8-20)14-16-9-12(10-17-14)13(21)18-11(2)3/h9-11H,4-8H2,1-3H3,(H,18,21). The van der Waals surface area contributed by atoms with Gasteiger partial charge in [-0.2, -0.15) is 0 Å². The quantitative estimate of drug-likeness (QED) is 0.886. The van der Waals surface area contributed by atoms with Gasteiger partial charge in [-0.15, -0.1) is 0 Å². The van der Waals surface area contributed by atoms with Crippen molar-refractivity contribution < 1.29 is 14.3 Å². The second-order valence-corrected chi connectivity index (χ2v) is 5.57. The Morgan fingerprint density at radius 2 is 1.83 bits per heavy atom. The maximum Gasteiger partial charge on any atom is 0.409 e. The van der Waals surface area contributed by atoms with Crippen LogP contribution in [0.4, 0.5) is 10.7 Å². The van der Waals surface area contributed by atoms with E-state index in [1.54, 1.807) is 11.8 Å². The Morgan fingerprint density at radius 3 is 2.35 bits per heavy atom.